The number of ether oxygens (including phenoxy) is 2. The maximum Gasteiger partial charge on any atom is 0.410 e. The van der Waals surface area contributed by atoms with Gasteiger partial charge in [0.2, 0.25) is 0 Å². The lowest BCUT2D eigenvalue weighted by Gasteiger charge is -2.23. The van der Waals surface area contributed by atoms with E-state index in [0.717, 1.165) is 37.5 Å². The molecular weight excluding hydrogens is 332 g/mol. The van der Waals surface area contributed by atoms with Crippen molar-refractivity contribution in [3.8, 4) is 5.75 Å². The smallest absolute Gasteiger partial charge is 0.410 e. The molecule has 7 heteroatoms. The van der Waals surface area contributed by atoms with Crippen molar-refractivity contribution in [2.24, 2.45) is 0 Å². The van der Waals surface area contributed by atoms with Crippen LogP contribution in [0.4, 0.5) is 4.79 Å². The van der Waals surface area contributed by atoms with Gasteiger partial charge in [0.25, 0.3) is 0 Å². The van der Waals surface area contributed by atoms with Crippen molar-refractivity contribution in [1.29, 1.82) is 0 Å². The molecule has 3 heterocycles. The van der Waals surface area contributed by atoms with Crippen molar-refractivity contribution in [2.75, 3.05) is 20.2 Å². The molecule has 2 saturated heterocycles. The minimum Gasteiger partial charge on any atom is -0.496 e. The van der Waals surface area contributed by atoms with E-state index in [1.807, 2.05) is 40.0 Å². The van der Waals surface area contributed by atoms with Crippen LogP contribution >= 0.6 is 0 Å². The lowest BCUT2D eigenvalue weighted by Crippen LogP contribution is -2.37. The summed E-state index contributed by atoms with van der Waals surface area (Å²) in [6.45, 7) is 5.85. The zero-order valence-corrected chi connectivity index (χ0v) is 15.2. The van der Waals surface area contributed by atoms with Crippen LogP contribution in [0.3, 0.4) is 0 Å². The Hall–Kier alpha value is -2.54. The second kappa shape index (κ2) is 6.99. The number of aryl methyl sites for hydroxylation is 1. The minimum atomic E-state index is -0.232. The van der Waals surface area contributed by atoms with Crippen LogP contribution in [0.2, 0.25) is 0 Å². The summed E-state index contributed by atoms with van der Waals surface area (Å²) in [4.78, 5) is 16.5. The van der Waals surface area contributed by atoms with Crippen LogP contribution in [0, 0.1) is 0 Å². The molecule has 0 unspecified atom stereocenters. The Morgan fingerprint density at radius 1 is 1.27 bits per heavy atom. The van der Waals surface area contributed by atoms with E-state index in [2.05, 4.69) is 23.1 Å². The number of methoxy groups -OCH3 is 1. The summed E-state index contributed by atoms with van der Waals surface area (Å²) in [7, 11) is 1.65. The molecule has 0 aliphatic carbocycles. The summed E-state index contributed by atoms with van der Waals surface area (Å²) in [5.74, 6) is 0.797. The molecule has 0 radical (unpaired) electrons. The summed E-state index contributed by atoms with van der Waals surface area (Å²) < 4.78 is 13.0. The van der Waals surface area contributed by atoms with Crippen LogP contribution in [0.1, 0.15) is 18.1 Å². The molecule has 1 aromatic heterocycles. The lowest BCUT2D eigenvalue weighted by molar-refractivity contribution is 0.119. The van der Waals surface area contributed by atoms with Crippen LogP contribution in [-0.4, -0.2) is 58.0 Å². The quantitative estimate of drug-likeness (QED) is 0.793. The van der Waals surface area contributed by atoms with E-state index >= 15 is 0 Å². The number of carbonyl (C=O) groups excluding carboxylic acids is 1. The van der Waals surface area contributed by atoms with E-state index in [1.165, 1.54) is 5.56 Å². The van der Waals surface area contributed by atoms with Gasteiger partial charge in [-0.3, -0.25) is 14.5 Å². The number of fused-ring (bicyclic) bond motifs is 1. The minimum absolute atomic E-state index is 0.0709. The highest BCUT2D eigenvalue weighted by molar-refractivity contribution is 5.71. The highest BCUT2D eigenvalue weighted by atomic mass is 16.6. The standard InChI is InChI=1S/C19H24N4O3/c1-3-22-10-14(8-20-22)9-21-12-16-18(13-21)26-19(24)23(16)11-15-6-4-5-7-17(15)25-2/h4-8,10,16,18H,3,9,11-13H2,1-2H3/t16-,18+/m1/s1. The average molecular weight is 356 g/mol. The number of likely N-dealkylation sites (tertiary alicyclic amines) is 1. The molecule has 0 spiro atoms. The van der Waals surface area contributed by atoms with Gasteiger partial charge in [0, 0.05) is 43.5 Å². The molecule has 0 saturated carbocycles. The number of amides is 1. The van der Waals surface area contributed by atoms with Gasteiger partial charge < -0.3 is 9.47 Å². The number of hydrogen-bond acceptors (Lipinski definition) is 5. The third kappa shape index (κ3) is 3.14. The van der Waals surface area contributed by atoms with Gasteiger partial charge in [-0.2, -0.15) is 5.10 Å². The molecule has 26 heavy (non-hydrogen) atoms. The zero-order chi connectivity index (χ0) is 18.1. The number of para-hydroxylation sites is 1. The topological polar surface area (TPSA) is 59.8 Å². The van der Waals surface area contributed by atoms with Gasteiger partial charge in [-0.25, -0.2) is 4.79 Å². The average Bonchev–Trinajstić information content (AvgIpc) is 3.33. The molecule has 0 bridgehead atoms. The predicted octanol–water partition coefficient (Wildman–Crippen LogP) is 2.12. The number of benzene rings is 1. The van der Waals surface area contributed by atoms with Gasteiger partial charge in [-0.15, -0.1) is 0 Å². The number of nitrogens with zero attached hydrogens (tertiary/aromatic N) is 4. The Bertz CT molecular complexity index is 791. The molecule has 4 rings (SSSR count). The first-order valence-electron chi connectivity index (χ1n) is 9.00. The van der Waals surface area contributed by atoms with Gasteiger partial charge in [0.05, 0.1) is 25.9 Å². The van der Waals surface area contributed by atoms with Gasteiger partial charge in [-0.1, -0.05) is 18.2 Å². The first-order valence-corrected chi connectivity index (χ1v) is 9.00. The van der Waals surface area contributed by atoms with Gasteiger partial charge in [0.1, 0.15) is 11.9 Å². The summed E-state index contributed by atoms with van der Waals surface area (Å²) in [6.07, 6.45) is 3.69. The molecule has 2 aliphatic heterocycles. The summed E-state index contributed by atoms with van der Waals surface area (Å²) in [5, 5.41) is 4.33. The third-order valence-electron chi connectivity index (χ3n) is 5.15. The second-order valence-electron chi connectivity index (χ2n) is 6.83. The fourth-order valence-corrected chi connectivity index (χ4v) is 3.83. The largest absolute Gasteiger partial charge is 0.496 e. The highest BCUT2D eigenvalue weighted by Crippen LogP contribution is 2.31. The summed E-state index contributed by atoms with van der Waals surface area (Å²) in [6, 6.07) is 7.88. The molecular formula is C19H24N4O3. The Morgan fingerprint density at radius 2 is 2.12 bits per heavy atom. The molecule has 0 N–H and O–H groups in total. The Kier molecular flexibility index (Phi) is 4.55. The first kappa shape index (κ1) is 16.9. The van der Waals surface area contributed by atoms with Crippen molar-refractivity contribution in [2.45, 2.75) is 38.7 Å². The molecule has 138 valence electrons. The van der Waals surface area contributed by atoms with Crippen molar-refractivity contribution in [1.82, 2.24) is 19.6 Å². The molecule has 1 amide bonds. The van der Waals surface area contributed by atoms with Crippen molar-refractivity contribution in [3.63, 3.8) is 0 Å². The van der Waals surface area contributed by atoms with Crippen LogP contribution in [-0.2, 0) is 24.4 Å². The van der Waals surface area contributed by atoms with Gasteiger partial charge in [0.15, 0.2) is 0 Å². The van der Waals surface area contributed by atoms with E-state index in [4.69, 9.17) is 9.47 Å². The number of hydrogen-bond donors (Lipinski definition) is 0. The van der Waals surface area contributed by atoms with E-state index in [-0.39, 0.29) is 18.2 Å². The zero-order valence-electron chi connectivity index (χ0n) is 15.2. The van der Waals surface area contributed by atoms with Crippen LogP contribution in [0.15, 0.2) is 36.7 Å². The SMILES string of the molecule is CCn1cc(CN2C[C@@H]3OC(=O)N(Cc4ccccc4OC)[C@@H]3C2)cn1. The van der Waals surface area contributed by atoms with Crippen molar-refractivity contribution < 1.29 is 14.3 Å². The van der Waals surface area contributed by atoms with Crippen molar-refractivity contribution >= 4 is 6.09 Å². The fraction of sp³-hybridized carbons (Fsp3) is 0.474. The lowest BCUT2D eigenvalue weighted by atomic mass is 10.1. The van der Waals surface area contributed by atoms with Gasteiger partial charge in [-0.05, 0) is 13.0 Å². The molecule has 2 fully saturated rings. The maximum absolute atomic E-state index is 12.3. The number of aromatic nitrogens is 2. The summed E-state index contributed by atoms with van der Waals surface area (Å²) in [5.41, 5.74) is 2.18. The Balaban J connectivity index is 1.44. The highest BCUT2D eigenvalue weighted by Gasteiger charge is 2.47. The van der Waals surface area contributed by atoms with E-state index < -0.39 is 0 Å². The van der Waals surface area contributed by atoms with Gasteiger partial charge >= 0.3 is 6.09 Å². The first-order chi connectivity index (χ1) is 12.7. The molecule has 7 nitrogen and oxygen atoms in total. The Labute approximate surface area is 153 Å². The van der Waals surface area contributed by atoms with Crippen LogP contribution in [0.25, 0.3) is 0 Å². The number of rotatable bonds is 6. The fourth-order valence-electron chi connectivity index (χ4n) is 3.83. The van der Waals surface area contributed by atoms with Crippen LogP contribution < -0.4 is 4.74 Å². The number of carbonyl (C=O) groups is 1. The van der Waals surface area contributed by atoms with E-state index in [0.29, 0.717) is 6.54 Å². The second-order valence-corrected chi connectivity index (χ2v) is 6.83. The van der Waals surface area contributed by atoms with E-state index in [9.17, 15) is 4.79 Å². The van der Waals surface area contributed by atoms with E-state index in [1.54, 1.807) is 7.11 Å². The monoisotopic (exact) mass is 356 g/mol. The molecule has 2 aromatic rings. The van der Waals surface area contributed by atoms with Crippen LogP contribution in [0.5, 0.6) is 5.75 Å². The molecule has 2 atom stereocenters. The maximum atomic E-state index is 12.3. The summed E-state index contributed by atoms with van der Waals surface area (Å²) >= 11 is 0. The molecule has 1 aromatic carbocycles. The Morgan fingerprint density at radius 3 is 2.88 bits per heavy atom. The third-order valence-corrected chi connectivity index (χ3v) is 5.15. The predicted molar refractivity (Wildman–Crippen MR) is 95.8 cm³/mol. The molecule has 2 aliphatic rings. The normalized spacial score (nSPS) is 22.5. The van der Waals surface area contributed by atoms with Crippen molar-refractivity contribution in [3.05, 3.63) is 47.8 Å².